The van der Waals surface area contributed by atoms with Gasteiger partial charge in [-0.3, -0.25) is 0 Å². The molecule has 3 rings (SSSR count). The molecule has 110 valence electrons. The maximum atomic E-state index is 13.5. The van der Waals surface area contributed by atoms with Gasteiger partial charge in [0.25, 0.3) is 0 Å². The van der Waals surface area contributed by atoms with Crippen LogP contribution in [0.2, 0.25) is 0 Å². The third-order valence-corrected chi connectivity index (χ3v) is 4.51. The quantitative estimate of drug-likeness (QED) is 0.826. The maximum Gasteiger partial charge on any atom is 0.137 e. The third-order valence-electron chi connectivity index (χ3n) is 3.90. The summed E-state index contributed by atoms with van der Waals surface area (Å²) < 4.78 is 14.0. The van der Waals surface area contributed by atoms with E-state index < -0.39 is 0 Å². The zero-order valence-corrected chi connectivity index (χ0v) is 13.6. The lowest BCUT2D eigenvalue weighted by Crippen LogP contribution is -2.15. The molecular weight excluding hydrogens is 331 g/mol. The number of benzene rings is 2. The molecular formula is C17H18BrFN2. The van der Waals surface area contributed by atoms with Gasteiger partial charge in [-0.1, -0.05) is 18.2 Å². The summed E-state index contributed by atoms with van der Waals surface area (Å²) in [5, 5.41) is 6.90. The minimum Gasteiger partial charge on any atom is -0.385 e. The van der Waals surface area contributed by atoms with Crippen LogP contribution in [0.15, 0.2) is 34.8 Å². The predicted octanol–water partition coefficient (Wildman–Crippen LogP) is 4.87. The fourth-order valence-corrected chi connectivity index (χ4v) is 3.10. The Labute approximate surface area is 132 Å². The molecule has 0 fully saturated rings. The summed E-state index contributed by atoms with van der Waals surface area (Å²) in [5.41, 5.74) is 5.77. The third kappa shape index (κ3) is 3.05. The minimum absolute atomic E-state index is 0.225. The number of anilines is 2. The molecule has 2 aromatic rings. The minimum atomic E-state index is -0.225. The molecule has 0 aromatic heterocycles. The number of halogens is 2. The lowest BCUT2D eigenvalue weighted by Gasteiger charge is -2.22. The first-order valence-corrected chi connectivity index (χ1v) is 7.98. The molecule has 0 aliphatic carbocycles. The van der Waals surface area contributed by atoms with Crippen LogP contribution in [0.4, 0.5) is 15.8 Å². The topological polar surface area (TPSA) is 24.1 Å². The summed E-state index contributed by atoms with van der Waals surface area (Å²) in [6.07, 6.45) is 2.32. The van der Waals surface area contributed by atoms with Crippen molar-refractivity contribution in [1.82, 2.24) is 0 Å². The Morgan fingerprint density at radius 1 is 1.33 bits per heavy atom. The van der Waals surface area contributed by atoms with Gasteiger partial charge in [0.15, 0.2) is 0 Å². The largest absolute Gasteiger partial charge is 0.385 e. The highest BCUT2D eigenvalue weighted by atomic mass is 79.9. The van der Waals surface area contributed by atoms with Crippen LogP contribution in [0.1, 0.15) is 23.1 Å². The number of para-hydroxylation sites is 1. The molecule has 0 bridgehead atoms. The molecule has 0 radical (unpaired) electrons. The van der Waals surface area contributed by atoms with Gasteiger partial charge < -0.3 is 10.6 Å². The van der Waals surface area contributed by atoms with E-state index in [-0.39, 0.29) is 5.82 Å². The number of aryl methyl sites for hydroxylation is 2. The monoisotopic (exact) mass is 348 g/mol. The van der Waals surface area contributed by atoms with E-state index in [0.29, 0.717) is 4.47 Å². The van der Waals surface area contributed by atoms with Crippen molar-refractivity contribution in [2.45, 2.75) is 26.3 Å². The Kier molecular flexibility index (Phi) is 4.15. The zero-order valence-electron chi connectivity index (χ0n) is 12.0. The molecule has 1 aliphatic rings. The van der Waals surface area contributed by atoms with E-state index in [4.69, 9.17) is 0 Å². The van der Waals surface area contributed by atoms with Gasteiger partial charge in [-0.15, -0.1) is 0 Å². The van der Waals surface area contributed by atoms with Crippen LogP contribution in [-0.4, -0.2) is 6.54 Å². The summed E-state index contributed by atoms with van der Waals surface area (Å²) in [4.78, 5) is 0. The molecule has 21 heavy (non-hydrogen) atoms. The molecule has 2 nitrogen and oxygen atoms in total. The van der Waals surface area contributed by atoms with E-state index in [1.807, 2.05) is 6.92 Å². The summed E-state index contributed by atoms with van der Waals surface area (Å²) in [7, 11) is 0. The lowest BCUT2D eigenvalue weighted by atomic mass is 9.99. The standard InChI is InChI=1S/C17H18BrFN2/c1-11-8-15(19)14(18)9-16(11)21-10-13-5-2-4-12-6-3-7-20-17(12)13/h2,4-5,8-9,20-21H,3,6-7,10H2,1H3. The highest BCUT2D eigenvalue weighted by Gasteiger charge is 2.12. The molecule has 2 N–H and O–H groups in total. The van der Waals surface area contributed by atoms with Crippen LogP contribution in [0.3, 0.4) is 0 Å². The molecule has 0 atom stereocenters. The Bertz CT molecular complexity index is 670. The van der Waals surface area contributed by atoms with Crippen LogP contribution in [0.5, 0.6) is 0 Å². The smallest absolute Gasteiger partial charge is 0.137 e. The van der Waals surface area contributed by atoms with E-state index in [0.717, 1.165) is 30.8 Å². The lowest BCUT2D eigenvalue weighted by molar-refractivity contribution is 0.620. The van der Waals surface area contributed by atoms with E-state index in [1.54, 1.807) is 12.1 Å². The average molecular weight is 349 g/mol. The SMILES string of the molecule is Cc1cc(F)c(Br)cc1NCc1cccc2c1NCCC2. The Balaban J connectivity index is 1.81. The van der Waals surface area contributed by atoms with Gasteiger partial charge in [-0.2, -0.15) is 0 Å². The Morgan fingerprint density at radius 3 is 3.05 bits per heavy atom. The summed E-state index contributed by atoms with van der Waals surface area (Å²) in [6, 6.07) is 9.78. The molecule has 0 spiro atoms. The van der Waals surface area contributed by atoms with E-state index in [2.05, 4.69) is 44.8 Å². The highest BCUT2D eigenvalue weighted by Crippen LogP contribution is 2.28. The first-order valence-electron chi connectivity index (χ1n) is 7.19. The van der Waals surface area contributed by atoms with Gasteiger partial charge in [0.1, 0.15) is 5.82 Å². The predicted molar refractivity (Wildman–Crippen MR) is 89.4 cm³/mol. The van der Waals surface area contributed by atoms with E-state index in [1.165, 1.54) is 23.2 Å². The molecule has 1 heterocycles. The van der Waals surface area contributed by atoms with Crippen molar-refractivity contribution in [2.75, 3.05) is 17.2 Å². The van der Waals surface area contributed by atoms with E-state index in [9.17, 15) is 4.39 Å². The number of rotatable bonds is 3. The highest BCUT2D eigenvalue weighted by molar-refractivity contribution is 9.10. The van der Waals surface area contributed by atoms with Gasteiger partial charge in [0.05, 0.1) is 4.47 Å². The van der Waals surface area contributed by atoms with Crippen LogP contribution in [0, 0.1) is 12.7 Å². The van der Waals surface area contributed by atoms with Crippen molar-refractivity contribution in [2.24, 2.45) is 0 Å². The van der Waals surface area contributed by atoms with Gasteiger partial charge in [0, 0.05) is 24.5 Å². The van der Waals surface area contributed by atoms with Crippen LogP contribution < -0.4 is 10.6 Å². The number of hydrogen-bond acceptors (Lipinski definition) is 2. The first-order chi connectivity index (χ1) is 10.1. The van der Waals surface area contributed by atoms with E-state index >= 15 is 0 Å². The first kappa shape index (κ1) is 14.4. The number of hydrogen-bond donors (Lipinski definition) is 2. The van der Waals surface area contributed by atoms with Gasteiger partial charge in [-0.05, 0) is 64.5 Å². The second-order valence-corrected chi connectivity index (χ2v) is 6.27. The van der Waals surface area contributed by atoms with Gasteiger partial charge >= 0.3 is 0 Å². The maximum absolute atomic E-state index is 13.5. The molecule has 0 saturated carbocycles. The summed E-state index contributed by atoms with van der Waals surface area (Å²) in [6.45, 7) is 3.68. The van der Waals surface area contributed by atoms with Crippen molar-refractivity contribution in [1.29, 1.82) is 0 Å². The fraction of sp³-hybridized carbons (Fsp3) is 0.294. The molecule has 0 amide bonds. The molecule has 0 saturated heterocycles. The van der Waals surface area contributed by atoms with Crippen molar-refractivity contribution in [3.8, 4) is 0 Å². The fourth-order valence-electron chi connectivity index (χ4n) is 2.76. The summed E-state index contributed by atoms with van der Waals surface area (Å²) in [5.74, 6) is -0.225. The normalized spacial score (nSPS) is 13.5. The second-order valence-electron chi connectivity index (χ2n) is 5.42. The second kappa shape index (κ2) is 6.06. The van der Waals surface area contributed by atoms with Crippen LogP contribution in [-0.2, 0) is 13.0 Å². The number of nitrogens with one attached hydrogen (secondary N) is 2. The van der Waals surface area contributed by atoms with Crippen molar-refractivity contribution >= 4 is 27.3 Å². The van der Waals surface area contributed by atoms with Crippen LogP contribution >= 0.6 is 15.9 Å². The van der Waals surface area contributed by atoms with Gasteiger partial charge in [0.2, 0.25) is 0 Å². The van der Waals surface area contributed by atoms with Crippen molar-refractivity contribution in [3.05, 3.63) is 57.3 Å². The van der Waals surface area contributed by atoms with Crippen molar-refractivity contribution in [3.63, 3.8) is 0 Å². The van der Waals surface area contributed by atoms with Crippen LogP contribution in [0.25, 0.3) is 0 Å². The Hall–Kier alpha value is -1.55. The van der Waals surface area contributed by atoms with Crippen molar-refractivity contribution < 1.29 is 4.39 Å². The molecule has 2 aromatic carbocycles. The molecule has 4 heteroatoms. The molecule has 1 aliphatic heterocycles. The summed E-state index contributed by atoms with van der Waals surface area (Å²) >= 11 is 3.24. The average Bonchev–Trinajstić information content (AvgIpc) is 2.49. The van der Waals surface area contributed by atoms with Gasteiger partial charge in [-0.25, -0.2) is 4.39 Å². The molecule has 0 unspecified atom stereocenters. The number of fused-ring (bicyclic) bond motifs is 1. The Morgan fingerprint density at radius 2 is 2.19 bits per heavy atom. The zero-order chi connectivity index (χ0) is 14.8.